The van der Waals surface area contributed by atoms with E-state index in [0.29, 0.717) is 17.7 Å². The van der Waals surface area contributed by atoms with Crippen LogP contribution in [0.15, 0.2) is 23.3 Å². The fourth-order valence-electron chi connectivity index (χ4n) is 3.83. The van der Waals surface area contributed by atoms with Gasteiger partial charge >= 0.3 is 6.03 Å². The molecule has 2 aromatic heterocycles. The monoisotopic (exact) mass is 371 g/mol. The quantitative estimate of drug-likeness (QED) is 0.745. The van der Waals surface area contributed by atoms with E-state index in [1.165, 1.54) is 6.20 Å². The van der Waals surface area contributed by atoms with Crippen molar-refractivity contribution >= 4 is 6.03 Å². The zero-order valence-electron chi connectivity index (χ0n) is 15.0. The second-order valence-electron chi connectivity index (χ2n) is 7.34. The van der Waals surface area contributed by atoms with Gasteiger partial charge in [-0.25, -0.2) is 14.3 Å². The summed E-state index contributed by atoms with van der Waals surface area (Å²) in [4.78, 5) is 28.1. The Morgan fingerprint density at radius 3 is 2.85 bits per heavy atom. The van der Waals surface area contributed by atoms with Crippen LogP contribution in [0, 0.1) is 5.82 Å². The SMILES string of the molecule is O=C(NCc1c2c(n[nH]c1=O)CCCC2)NCC1(c2ccncc2F)CC1. The molecule has 4 rings (SSSR count). The molecule has 27 heavy (non-hydrogen) atoms. The van der Waals surface area contributed by atoms with Gasteiger partial charge in [-0.3, -0.25) is 9.78 Å². The van der Waals surface area contributed by atoms with E-state index in [1.807, 2.05) is 0 Å². The maximum absolute atomic E-state index is 14.0. The Balaban J connectivity index is 1.38. The maximum Gasteiger partial charge on any atom is 0.315 e. The first-order valence-electron chi connectivity index (χ1n) is 9.30. The van der Waals surface area contributed by atoms with Gasteiger partial charge in [0, 0.05) is 23.7 Å². The number of H-pyrrole nitrogens is 1. The Hall–Kier alpha value is -2.77. The Bertz CT molecular complexity index is 923. The predicted octanol–water partition coefficient (Wildman–Crippen LogP) is 1.71. The minimum atomic E-state index is -0.364. The van der Waals surface area contributed by atoms with Crippen molar-refractivity contribution in [2.75, 3.05) is 6.54 Å². The van der Waals surface area contributed by atoms with Crippen molar-refractivity contribution in [2.24, 2.45) is 0 Å². The highest BCUT2D eigenvalue weighted by Crippen LogP contribution is 2.48. The van der Waals surface area contributed by atoms with Crippen molar-refractivity contribution < 1.29 is 9.18 Å². The summed E-state index contributed by atoms with van der Waals surface area (Å²) in [5.41, 5.74) is 2.45. The second-order valence-corrected chi connectivity index (χ2v) is 7.34. The van der Waals surface area contributed by atoms with Crippen molar-refractivity contribution in [3.8, 4) is 0 Å². The van der Waals surface area contributed by atoms with Gasteiger partial charge in [-0.1, -0.05) is 0 Å². The topological polar surface area (TPSA) is 99.8 Å². The van der Waals surface area contributed by atoms with E-state index in [2.05, 4.69) is 25.8 Å². The molecule has 1 fully saturated rings. The summed E-state index contributed by atoms with van der Waals surface area (Å²) in [6.07, 6.45) is 8.17. The van der Waals surface area contributed by atoms with Crippen LogP contribution in [0.25, 0.3) is 0 Å². The van der Waals surface area contributed by atoms with Crippen LogP contribution in [0.5, 0.6) is 0 Å². The lowest BCUT2D eigenvalue weighted by molar-refractivity contribution is 0.239. The zero-order valence-corrected chi connectivity index (χ0v) is 15.0. The highest BCUT2D eigenvalue weighted by Gasteiger charge is 2.46. The molecule has 0 aliphatic heterocycles. The molecule has 2 aliphatic rings. The van der Waals surface area contributed by atoms with Gasteiger partial charge in [0.25, 0.3) is 5.56 Å². The van der Waals surface area contributed by atoms with Crippen molar-refractivity contribution in [1.82, 2.24) is 25.8 Å². The third-order valence-corrected chi connectivity index (χ3v) is 5.58. The standard InChI is InChI=1S/C19H22FN5O2/c20-15-10-21-8-5-14(15)19(6-7-19)11-23-18(27)22-9-13-12-3-1-2-4-16(12)24-25-17(13)26/h5,8,10H,1-4,6-7,9,11H2,(H,25,26)(H2,22,23,27). The Labute approximate surface area is 155 Å². The van der Waals surface area contributed by atoms with Crippen LogP contribution in [-0.2, 0) is 24.8 Å². The first kappa shape index (κ1) is 17.6. The smallest absolute Gasteiger partial charge is 0.315 e. The van der Waals surface area contributed by atoms with Crippen LogP contribution >= 0.6 is 0 Å². The van der Waals surface area contributed by atoms with Crippen LogP contribution in [0.2, 0.25) is 0 Å². The van der Waals surface area contributed by atoms with Crippen LogP contribution in [-0.4, -0.2) is 27.8 Å². The van der Waals surface area contributed by atoms with Gasteiger partial charge in [-0.15, -0.1) is 0 Å². The van der Waals surface area contributed by atoms with Crippen LogP contribution in [0.1, 0.15) is 48.1 Å². The number of nitrogens with zero attached hydrogens (tertiary/aromatic N) is 2. The number of urea groups is 1. The summed E-state index contributed by atoms with van der Waals surface area (Å²) < 4.78 is 14.0. The summed E-state index contributed by atoms with van der Waals surface area (Å²) in [6, 6.07) is 1.31. The first-order valence-corrected chi connectivity index (χ1v) is 9.30. The number of carbonyl (C=O) groups excluding carboxylic acids is 1. The van der Waals surface area contributed by atoms with Gasteiger partial charge < -0.3 is 10.6 Å². The fourth-order valence-corrected chi connectivity index (χ4v) is 3.83. The Kier molecular flexibility index (Phi) is 4.63. The summed E-state index contributed by atoms with van der Waals surface area (Å²) in [5, 5.41) is 12.2. The predicted molar refractivity (Wildman–Crippen MR) is 96.8 cm³/mol. The van der Waals surface area contributed by atoms with Gasteiger partial charge in [-0.2, -0.15) is 5.10 Å². The number of pyridine rings is 1. The Morgan fingerprint density at radius 2 is 2.07 bits per heavy atom. The summed E-state index contributed by atoms with van der Waals surface area (Å²) in [6.45, 7) is 0.507. The van der Waals surface area contributed by atoms with E-state index in [9.17, 15) is 14.0 Å². The van der Waals surface area contributed by atoms with E-state index >= 15 is 0 Å². The number of rotatable bonds is 5. The molecule has 0 unspecified atom stereocenters. The van der Waals surface area contributed by atoms with Gasteiger partial charge in [-0.05, 0) is 55.7 Å². The molecule has 0 saturated heterocycles. The molecule has 0 spiro atoms. The van der Waals surface area contributed by atoms with Crippen LogP contribution in [0.4, 0.5) is 9.18 Å². The molecular formula is C19H22FN5O2. The van der Waals surface area contributed by atoms with Crippen LogP contribution < -0.4 is 16.2 Å². The average molecular weight is 371 g/mol. The van der Waals surface area contributed by atoms with Gasteiger partial charge in [0.2, 0.25) is 0 Å². The molecule has 0 bridgehead atoms. The number of hydrogen-bond donors (Lipinski definition) is 3. The lowest BCUT2D eigenvalue weighted by atomic mass is 9.93. The number of halogens is 1. The molecule has 2 aliphatic carbocycles. The van der Waals surface area contributed by atoms with Gasteiger partial charge in [0.1, 0.15) is 5.82 Å². The molecule has 0 radical (unpaired) electrons. The van der Waals surface area contributed by atoms with E-state index in [1.54, 1.807) is 12.3 Å². The van der Waals surface area contributed by atoms with E-state index in [4.69, 9.17) is 0 Å². The molecule has 0 aromatic carbocycles. The third-order valence-electron chi connectivity index (χ3n) is 5.58. The lowest BCUT2D eigenvalue weighted by Crippen LogP contribution is -2.41. The van der Waals surface area contributed by atoms with E-state index < -0.39 is 0 Å². The lowest BCUT2D eigenvalue weighted by Gasteiger charge is -2.19. The Morgan fingerprint density at radius 1 is 1.26 bits per heavy atom. The van der Waals surface area contributed by atoms with E-state index in [-0.39, 0.29) is 29.4 Å². The number of amides is 2. The van der Waals surface area contributed by atoms with Crippen molar-refractivity contribution in [3.05, 3.63) is 57.0 Å². The molecule has 2 aromatic rings. The molecule has 142 valence electrons. The number of carbonyl (C=O) groups is 1. The fraction of sp³-hybridized carbons (Fsp3) is 0.474. The number of aromatic amines is 1. The number of hydrogen-bond acceptors (Lipinski definition) is 4. The minimum absolute atomic E-state index is 0.155. The molecular weight excluding hydrogens is 349 g/mol. The third kappa shape index (κ3) is 3.56. The summed E-state index contributed by atoms with van der Waals surface area (Å²) >= 11 is 0. The molecule has 2 amide bonds. The van der Waals surface area contributed by atoms with Crippen molar-refractivity contribution in [2.45, 2.75) is 50.5 Å². The van der Waals surface area contributed by atoms with Gasteiger partial charge in [0.15, 0.2) is 0 Å². The largest absolute Gasteiger partial charge is 0.337 e. The number of aromatic nitrogens is 3. The highest BCUT2D eigenvalue weighted by molar-refractivity contribution is 5.74. The van der Waals surface area contributed by atoms with Crippen LogP contribution in [0.3, 0.4) is 0 Å². The second kappa shape index (κ2) is 7.09. The van der Waals surface area contributed by atoms with Crippen molar-refractivity contribution in [3.63, 3.8) is 0 Å². The van der Waals surface area contributed by atoms with E-state index in [0.717, 1.165) is 49.8 Å². The molecule has 1 saturated carbocycles. The number of fused-ring (bicyclic) bond motifs is 1. The maximum atomic E-state index is 14.0. The molecule has 2 heterocycles. The molecule has 0 atom stereocenters. The summed E-state index contributed by atoms with van der Waals surface area (Å²) in [5.74, 6) is -0.341. The normalized spacial score (nSPS) is 17.1. The summed E-state index contributed by atoms with van der Waals surface area (Å²) in [7, 11) is 0. The minimum Gasteiger partial charge on any atom is -0.337 e. The zero-order chi connectivity index (χ0) is 18.9. The molecule has 8 heteroatoms. The van der Waals surface area contributed by atoms with Gasteiger partial charge in [0.05, 0.1) is 18.4 Å². The number of aryl methyl sites for hydroxylation is 1. The molecule has 3 N–H and O–H groups in total. The molecule has 7 nitrogen and oxygen atoms in total. The van der Waals surface area contributed by atoms with Crippen molar-refractivity contribution in [1.29, 1.82) is 0 Å². The highest BCUT2D eigenvalue weighted by atomic mass is 19.1. The average Bonchev–Trinajstić information content (AvgIpc) is 3.47. The first-order chi connectivity index (χ1) is 13.1. The number of nitrogens with one attached hydrogen (secondary N) is 3.